The largest absolute Gasteiger partial charge is 0.489 e. The average molecular weight is 333 g/mol. The smallest absolute Gasteiger partial charge is 0.224 e. The SMILES string of the molecule is CC(N)CC(=O)N1CCC(Oc2ccccc2Cl)CC1.Cl. The van der Waals surface area contributed by atoms with Crippen molar-refractivity contribution in [2.24, 2.45) is 5.73 Å². The van der Waals surface area contributed by atoms with Gasteiger partial charge < -0.3 is 15.4 Å². The maximum Gasteiger partial charge on any atom is 0.224 e. The molecule has 1 aromatic rings. The first-order valence-electron chi connectivity index (χ1n) is 7.01. The first-order valence-corrected chi connectivity index (χ1v) is 7.38. The number of nitrogens with zero attached hydrogens (tertiary/aromatic N) is 1. The highest BCUT2D eigenvalue weighted by Crippen LogP contribution is 2.26. The third-order valence-electron chi connectivity index (χ3n) is 3.42. The van der Waals surface area contributed by atoms with Crippen LogP contribution >= 0.6 is 24.0 Å². The molecule has 0 aliphatic carbocycles. The second kappa shape index (κ2) is 8.47. The van der Waals surface area contributed by atoms with Crippen LogP contribution in [0.3, 0.4) is 0 Å². The van der Waals surface area contributed by atoms with Crippen molar-refractivity contribution >= 4 is 29.9 Å². The number of ether oxygens (including phenoxy) is 1. The molecular weight excluding hydrogens is 311 g/mol. The zero-order valence-electron chi connectivity index (χ0n) is 12.1. The molecule has 1 fully saturated rings. The standard InChI is InChI=1S/C15H21ClN2O2.ClH/c1-11(17)10-15(19)18-8-6-12(7-9-18)20-14-5-3-2-4-13(14)16;/h2-5,11-12H,6-10,17H2,1H3;1H. The molecule has 1 heterocycles. The minimum atomic E-state index is -0.0837. The summed E-state index contributed by atoms with van der Waals surface area (Å²) < 4.78 is 5.90. The lowest BCUT2D eigenvalue weighted by atomic mass is 10.1. The number of benzene rings is 1. The number of para-hydroxylation sites is 1. The van der Waals surface area contributed by atoms with Gasteiger partial charge in [0.2, 0.25) is 5.91 Å². The van der Waals surface area contributed by atoms with Crippen molar-refractivity contribution in [1.82, 2.24) is 4.90 Å². The fourth-order valence-electron chi connectivity index (χ4n) is 2.35. The van der Waals surface area contributed by atoms with Crippen LogP contribution in [0.2, 0.25) is 5.02 Å². The number of hydrogen-bond donors (Lipinski definition) is 1. The molecule has 0 aromatic heterocycles. The highest BCUT2D eigenvalue weighted by Gasteiger charge is 2.24. The van der Waals surface area contributed by atoms with Gasteiger partial charge >= 0.3 is 0 Å². The van der Waals surface area contributed by atoms with E-state index in [1.165, 1.54) is 0 Å². The van der Waals surface area contributed by atoms with Crippen molar-refractivity contribution in [3.63, 3.8) is 0 Å². The van der Waals surface area contributed by atoms with Gasteiger partial charge in [-0.25, -0.2) is 0 Å². The third-order valence-corrected chi connectivity index (χ3v) is 3.73. The van der Waals surface area contributed by atoms with Gasteiger partial charge in [-0.3, -0.25) is 4.79 Å². The first kappa shape index (κ1) is 18.1. The van der Waals surface area contributed by atoms with Crippen LogP contribution in [0, 0.1) is 0 Å². The van der Waals surface area contributed by atoms with E-state index >= 15 is 0 Å². The average Bonchev–Trinajstić information content (AvgIpc) is 2.41. The summed E-state index contributed by atoms with van der Waals surface area (Å²) in [5.41, 5.74) is 5.66. The Morgan fingerprint density at radius 3 is 2.62 bits per heavy atom. The summed E-state index contributed by atoms with van der Waals surface area (Å²) in [7, 11) is 0. The second-order valence-corrected chi connectivity index (χ2v) is 5.72. The molecule has 1 aliphatic rings. The number of nitrogens with two attached hydrogens (primary N) is 1. The zero-order chi connectivity index (χ0) is 14.5. The van der Waals surface area contributed by atoms with E-state index in [2.05, 4.69) is 0 Å². The van der Waals surface area contributed by atoms with Crippen molar-refractivity contribution in [3.05, 3.63) is 29.3 Å². The molecule has 1 aliphatic heterocycles. The molecule has 2 rings (SSSR count). The molecule has 118 valence electrons. The van der Waals surface area contributed by atoms with Crippen LogP contribution in [0.1, 0.15) is 26.2 Å². The summed E-state index contributed by atoms with van der Waals surface area (Å²) >= 11 is 6.08. The predicted octanol–water partition coefficient (Wildman–Crippen LogP) is 2.87. The number of hydrogen-bond acceptors (Lipinski definition) is 3. The molecule has 1 atom stereocenters. The topological polar surface area (TPSA) is 55.6 Å². The normalized spacial score (nSPS) is 17.0. The van der Waals surface area contributed by atoms with Gasteiger partial charge in [0.05, 0.1) is 5.02 Å². The van der Waals surface area contributed by atoms with Gasteiger partial charge in [-0.15, -0.1) is 12.4 Å². The summed E-state index contributed by atoms with van der Waals surface area (Å²) in [4.78, 5) is 13.8. The highest BCUT2D eigenvalue weighted by atomic mass is 35.5. The Morgan fingerprint density at radius 1 is 1.43 bits per heavy atom. The van der Waals surface area contributed by atoms with E-state index in [9.17, 15) is 4.79 Å². The molecule has 0 saturated carbocycles. The van der Waals surface area contributed by atoms with Gasteiger partial charge in [0.1, 0.15) is 11.9 Å². The van der Waals surface area contributed by atoms with Crippen LogP contribution in [0.5, 0.6) is 5.75 Å². The molecule has 0 bridgehead atoms. The Balaban J connectivity index is 0.00000220. The number of halogens is 2. The maximum atomic E-state index is 11.9. The van der Waals surface area contributed by atoms with Gasteiger partial charge in [-0.2, -0.15) is 0 Å². The molecular formula is C15H22Cl2N2O2. The molecule has 0 radical (unpaired) electrons. The first-order chi connectivity index (χ1) is 9.56. The lowest BCUT2D eigenvalue weighted by molar-refractivity contribution is -0.133. The van der Waals surface area contributed by atoms with Gasteiger partial charge in [-0.05, 0) is 19.1 Å². The van der Waals surface area contributed by atoms with Crippen LogP contribution in [-0.4, -0.2) is 36.0 Å². The van der Waals surface area contributed by atoms with Gasteiger partial charge in [0.15, 0.2) is 0 Å². The van der Waals surface area contributed by atoms with Crippen LogP contribution in [0.4, 0.5) is 0 Å². The van der Waals surface area contributed by atoms with Crippen molar-refractivity contribution < 1.29 is 9.53 Å². The van der Waals surface area contributed by atoms with Gasteiger partial charge in [-0.1, -0.05) is 23.7 Å². The summed E-state index contributed by atoms with van der Waals surface area (Å²) in [5.74, 6) is 0.853. The molecule has 1 aromatic carbocycles. The van der Waals surface area contributed by atoms with E-state index in [1.54, 1.807) is 0 Å². The quantitative estimate of drug-likeness (QED) is 0.922. The van der Waals surface area contributed by atoms with E-state index in [0.29, 0.717) is 11.4 Å². The van der Waals surface area contributed by atoms with E-state index < -0.39 is 0 Å². The lowest BCUT2D eigenvalue weighted by Gasteiger charge is -2.32. The molecule has 4 nitrogen and oxygen atoms in total. The minimum absolute atomic E-state index is 0. The van der Waals surface area contributed by atoms with E-state index in [-0.39, 0.29) is 30.5 Å². The fraction of sp³-hybridized carbons (Fsp3) is 0.533. The van der Waals surface area contributed by atoms with Crippen LogP contribution in [0.25, 0.3) is 0 Å². The van der Waals surface area contributed by atoms with E-state index in [4.69, 9.17) is 22.1 Å². The zero-order valence-corrected chi connectivity index (χ0v) is 13.7. The Hall–Kier alpha value is -0.970. The summed E-state index contributed by atoms with van der Waals surface area (Å²) in [6.45, 7) is 3.30. The monoisotopic (exact) mass is 332 g/mol. The fourth-order valence-corrected chi connectivity index (χ4v) is 2.53. The number of amides is 1. The number of likely N-dealkylation sites (tertiary alicyclic amines) is 1. The molecule has 6 heteroatoms. The molecule has 1 unspecified atom stereocenters. The Kier molecular flexibility index (Phi) is 7.29. The van der Waals surface area contributed by atoms with Crippen molar-refractivity contribution in [3.8, 4) is 5.75 Å². The molecule has 0 spiro atoms. The van der Waals surface area contributed by atoms with E-state index in [1.807, 2.05) is 36.1 Å². The Bertz CT molecular complexity index is 461. The van der Waals surface area contributed by atoms with Crippen LogP contribution in [-0.2, 0) is 4.79 Å². The van der Waals surface area contributed by atoms with Crippen molar-refractivity contribution in [2.45, 2.75) is 38.3 Å². The van der Waals surface area contributed by atoms with Crippen LogP contribution in [0.15, 0.2) is 24.3 Å². The van der Waals surface area contributed by atoms with E-state index in [0.717, 1.165) is 31.7 Å². The Labute approximate surface area is 137 Å². The van der Waals surface area contributed by atoms with Crippen molar-refractivity contribution in [1.29, 1.82) is 0 Å². The number of rotatable bonds is 4. The minimum Gasteiger partial charge on any atom is -0.489 e. The third kappa shape index (κ3) is 5.38. The molecule has 1 amide bonds. The summed E-state index contributed by atoms with van der Waals surface area (Å²) in [5, 5.41) is 0.628. The number of carbonyl (C=O) groups excluding carboxylic acids is 1. The summed E-state index contributed by atoms with van der Waals surface area (Å²) in [6.07, 6.45) is 2.19. The summed E-state index contributed by atoms with van der Waals surface area (Å²) in [6, 6.07) is 7.39. The van der Waals surface area contributed by atoms with Crippen molar-refractivity contribution in [2.75, 3.05) is 13.1 Å². The van der Waals surface area contributed by atoms with Crippen LogP contribution < -0.4 is 10.5 Å². The van der Waals surface area contributed by atoms with Gasteiger partial charge in [0, 0.05) is 38.4 Å². The van der Waals surface area contributed by atoms with Gasteiger partial charge in [0.25, 0.3) is 0 Å². The molecule has 21 heavy (non-hydrogen) atoms. The maximum absolute atomic E-state index is 11.9. The molecule has 1 saturated heterocycles. The second-order valence-electron chi connectivity index (χ2n) is 5.31. The number of piperidine rings is 1. The molecule has 2 N–H and O–H groups in total. The number of carbonyl (C=O) groups is 1. The predicted molar refractivity (Wildman–Crippen MR) is 87.2 cm³/mol. The highest BCUT2D eigenvalue weighted by molar-refractivity contribution is 6.32. The Morgan fingerprint density at radius 2 is 2.05 bits per heavy atom. The lowest BCUT2D eigenvalue weighted by Crippen LogP contribution is -2.43.